The van der Waals surface area contributed by atoms with Gasteiger partial charge >= 0.3 is 5.97 Å². The van der Waals surface area contributed by atoms with E-state index in [1.807, 2.05) is 27.7 Å². The van der Waals surface area contributed by atoms with E-state index in [1.54, 1.807) is 13.8 Å². The number of aliphatic carboxylic acids is 1. The maximum atomic E-state index is 11.7. The van der Waals surface area contributed by atoms with Gasteiger partial charge in [0.2, 0.25) is 0 Å². The van der Waals surface area contributed by atoms with Crippen molar-refractivity contribution in [3.63, 3.8) is 0 Å². The van der Waals surface area contributed by atoms with Crippen molar-refractivity contribution in [1.29, 1.82) is 0 Å². The lowest BCUT2D eigenvalue weighted by molar-refractivity contribution is -0.146. The number of carboxylic acids is 1. The maximum absolute atomic E-state index is 11.7. The summed E-state index contributed by atoms with van der Waals surface area (Å²) in [6.07, 6.45) is 2.13. The van der Waals surface area contributed by atoms with Crippen LogP contribution in [0.1, 0.15) is 98.8 Å². The maximum Gasteiger partial charge on any atom is 0.309 e. The number of nitrogens with two attached hydrogens (primary N) is 2. The van der Waals surface area contributed by atoms with Gasteiger partial charge in [0.15, 0.2) is 0 Å². The highest BCUT2D eigenvalue weighted by Gasteiger charge is 2.34. The van der Waals surface area contributed by atoms with Crippen LogP contribution >= 0.6 is 0 Å². The molecular weight excluding hydrogens is 360 g/mol. The normalized spacial score (nSPS) is 14.2. The largest absolute Gasteiger partial charge is 0.481 e. The van der Waals surface area contributed by atoms with Crippen molar-refractivity contribution < 1.29 is 9.90 Å². The van der Waals surface area contributed by atoms with Gasteiger partial charge in [-0.2, -0.15) is 0 Å². The summed E-state index contributed by atoms with van der Waals surface area (Å²) in [7, 11) is 0. The topological polar surface area (TPSA) is 89.3 Å². The Morgan fingerprint density at radius 3 is 1.38 bits per heavy atom. The summed E-state index contributed by atoms with van der Waals surface area (Å²) in [5, 5.41) is 9.63. The fraction of sp³-hybridized carbons (Fsp3) is 0.720. The minimum Gasteiger partial charge on any atom is -0.481 e. The van der Waals surface area contributed by atoms with Gasteiger partial charge in [0, 0.05) is 11.1 Å². The molecular formula is C25H44N2O2. The zero-order valence-electron chi connectivity index (χ0n) is 20.4. The van der Waals surface area contributed by atoms with Gasteiger partial charge in [0.25, 0.3) is 0 Å². The zero-order valence-corrected chi connectivity index (χ0v) is 20.4. The molecule has 0 bridgehead atoms. The van der Waals surface area contributed by atoms with Gasteiger partial charge in [-0.3, -0.25) is 4.79 Å². The SMILES string of the molecule is CC(C)(N)CC(C)(C)c1cc(CC(C)(C)C(=O)O)cc(C(C)(C)CC(C)(C)N)c1. The van der Waals surface area contributed by atoms with Crippen LogP contribution in [0.3, 0.4) is 0 Å². The number of carboxylic acid groups (broad SMARTS) is 1. The third-order valence-electron chi connectivity index (χ3n) is 5.58. The molecule has 166 valence electrons. The van der Waals surface area contributed by atoms with Crippen LogP contribution in [0.5, 0.6) is 0 Å². The van der Waals surface area contributed by atoms with Crippen LogP contribution in [-0.2, 0) is 22.0 Å². The summed E-state index contributed by atoms with van der Waals surface area (Å²) < 4.78 is 0. The molecule has 0 aliphatic rings. The van der Waals surface area contributed by atoms with Crippen molar-refractivity contribution in [1.82, 2.24) is 0 Å². The summed E-state index contributed by atoms with van der Waals surface area (Å²) in [4.78, 5) is 11.7. The Bertz CT molecular complexity index is 686. The number of hydrogen-bond donors (Lipinski definition) is 3. The Kier molecular flexibility index (Phi) is 7.10. The van der Waals surface area contributed by atoms with Gasteiger partial charge < -0.3 is 16.6 Å². The van der Waals surface area contributed by atoms with Crippen molar-refractivity contribution in [3.05, 3.63) is 34.9 Å². The molecule has 5 N–H and O–H groups in total. The molecule has 0 aliphatic heterocycles. The fourth-order valence-corrected chi connectivity index (χ4v) is 4.64. The molecule has 0 fully saturated rings. The van der Waals surface area contributed by atoms with E-state index in [1.165, 1.54) is 11.1 Å². The second-order valence-corrected chi connectivity index (χ2v) is 12.4. The highest BCUT2D eigenvalue weighted by Crippen LogP contribution is 2.38. The molecule has 0 saturated heterocycles. The van der Waals surface area contributed by atoms with E-state index >= 15 is 0 Å². The quantitative estimate of drug-likeness (QED) is 0.531. The molecule has 0 atom stereocenters. The van der Waals surface area contributed by atoms with Crippen molar-refractivity contribution in [3.8, 4) is 0 Å². The Morgan fingerprint density at radius 2 is 1.10 bits per heavy atom. The van der Waals surface area contributed by atoms with E-state index in [0.717, 1.165) is 18.4 Å². The lowest BCUT2D eigenvalue weighted by Crippen LogP contribution is -2.40. The predicted molar refractivity (Wildman–Crippen MR) is 123 cm³/mol. The third-order valence-corrected chi connectivity index (χ3v) is 5.58. The molecule has 0 aromatic heterocycles. The van der Waals surface area contributed by atoms with Crippen LogP contribution < -0.4 is 11.5 Å². The van der Waals surface area contributed by atoms with Crippen molar-refractivity contribution in [2.75, 3.05) is 0 Å². The molecule has 0 amide bonds. The van der Waals surface area contributed by atoms with Crippen LogP contribution in [0.15, 0.2) is 18.2 Å². The van der Waals surface area contributed by atoms with Gasteiger partial charge in [0.05, 0.1) is 5.41 Å². The van der Waals surface area contributed by atoms with Crippen LogP contribution in [0, 0.1) is 5.41 Å². The van der Waals surface area contributed by atoms with Gasteiger partial charge in [-0.1, -0.05) is 45.9 Å². The summed E-state index contributed by atoms with van der Waals surface area (Å²) in [5.41, 5.74) is 14.5. The Morgan fingerprint density at radius 1 is 0.759 bits per heavy atom. The fourth-order valence-electron chi connectivity index (χ4n) is 4.64. The van der Waals surface area contributed by atoms with Crippen molar-refractivity contribution >= 4 is 5.97 Å². The highest BCUT2D eigenvalue weighted by molar-refractivity contribution is 5.74. The minimum absolute atomic E-state index is 0.134. The average molecular weight is 405 g/mol. The number of rotatable bonds is 9. The first-order valence-corrected chi connectivity index (χ1v) is 10.6. The molecule has 1 aromatic carbocycles. The molecule has 4 heteroatoms. The van der Waals surface area contributed by atoms with Crippen molar-refractivity contribution in [2.45, 2.75) is 110 Å². The molecule has 0 aliphatic carbocycles. The van der Waals surface area contributed by atoms with E-state index in [4.69, 9.17) is 11.5 Å². The summed E-state index contributed by atoms with van der Waals surface area (Å²) >= 11 is 0. The molecule has 0 heterocycles. The van der Waals surface area contributed by atoms with Crippen LogP contribution in [0.25, 0.3) is 0 Å². The van der Waals surface area contributed by atoms with Gasteiger partial charge in [-0.25, -0.2) is 0 Å². The van der Waals surface area contributed by atoms with E-state index in [2.05, 4.69) is 45.9 Å². The van der Waals surface area contributed by atoms with Gasteiger partial charge in [0.1, 0.15) is 0 Å². The Labute approximate surface area is 178 Å². The molecule has 0 unspecified atom stereocenters. The lowest BCUT2D eigenvalue weighted by atomic mass is 9.70. The smallest absolute Gasteiger partial charge is 0.309 e. The number of benzene rings is 1. The predicted octanol–water partition coefficient (Wildman–Crippen LogP) is 5.15. The second kappa shape index (κ2) is 8.03. The van der Waals surface area contributed by atoms with Gasteiger partial charge in [-0.05, 0) is 88.3 Å². The van der Waals surface area contributed by atoms with Crippen LogP contribution in [-0.4, -0.2) is 22.2 Å². The average Bonchev–Trinajstić information content (AvgIpc) is 2.41. The molecule has 1 rings (SSSR count). The Hall–Kier alpha value is -1.39. The monoisotopic (exact) mass is 404 g/mol. The zero-order chi connectivity index (χ0) is 23.1. The van der Waals surface area contributed by atoms with E-state index in [9.17, 15) is 9.90 Å². The molecule has 0 radical (unpaired) electrons. The van der Waals surface area contributed by atoms with Gasteiger partial charge in [-0.15, -0.1) is 0 Å². The highest BCUT2D eigenvalue weighted by atomic mass is 16.4. The van der Waals surface area contributed by atoms with Crippen LogP contribution in [0.4, 0.5) is 0 Å². The first-order chi connectivity index (χ1) is 12.6. The number of carbonyl (C=O) groups is 1. The van der Waals surface area contributed by atoms with Crippen molar-refractivity contribution in [2.24, 2.45) is 16.9 Å². The standard InChI is InChI=1S/C25H44N2O2/c1-21(2,20(28)29)14-17-11-18(22(3,4)15-24(7,8)26)13-19(12-17)23(5,6)16-25(9,10)27/h11-13H,14-16,26-27H2,1-10H3,(H,28,29). The molecule has 0 spiro atoms. The third kappa shape index (κ3) is 7.75. The molecule has 29 heavy (non-hydrogen) atoms. The first kappa shape index (κ1) is 25.6. The molecule has 0 saturated carbocycles. The Balaban J connectivity index is 3.57. The second-order valence-electron chi connectivity index (χ2n) is 12.4. The molecule has 4 nitrogen and oxygen atoms in total. The first-order valence-electron chi connectivity index (χ1n) is 10.6. The van der Waals surface area contributed by atoms with E-state index in [0.29, 0.717) is 6.42 Å². The van der Waals surface area contributed by atoms with E-state index in [-0.39, 0.29) is 21.9 Å². The molecule has 1 aromatic rings. The summed E-state index contributed by atoms with van der Waals surface area (Å²) in [5.74, 6) is -0.783. The van der Waals surface area contributed by atoms with Crippen LogP contribution in [0.2, 0.25) is 0 Å². The minimum atomic E-state index is -0.829. The lowest BCUT2D eigenvalue weighted by Gasteiger charge is -2.37. The van der Waals surface area contributed by atoms with E-state index < -0.39 is 11.4 Å². The summed E-state index contributed by atoms with van der Waals surface area (Å²) in [6.45, 7) is 20.6. The summed E-state index contributed by atoms with van der Waals surface area (Å²) in [6, 6.07) is 6.61. The number of hydrogen-bond acceptors (Lipinski definition) is 3.